The van der Waals surface area contributed by atoms with Gasteiger partial charge in [0.25, 0.3) is 0 Å². The van der Waals surface area contributed by atoms with E-state index in [-0.39, 0.29) is 18.3 Å². The first-order chi connectivity index (χ1) is 17.1. The molecule has 6 nitrogen and oxygen atoms in total. The Hall–Kier alpha value is -3.17. The molecule has 2 aromatic rings. The predicted molar refractivity (Wildman–Crippen MR) is 127 cm³/mol. The molecule has 10 heteroatoms. The average Bonchev–Trinajstić information content (AvgIpc) is 3.68. The van der Waals surface area contributed by atoms with Crippen LogP contribution in [-0.2, 0) is 11.2 Å². The van der Waals surface area contributed by atoms with Crippen LogP contribution >= 0.6 is 11.6 Å². The minimum atomic E-state index is -4.81. The second kappa shape index (κ2) is 10.8. The van der Waals surface area contributed by atoms with Crippen molar-refractivity contribution >= 4 is 17.6 Å². The lowest BCUT2D eigenvalue weighted by atomic mass is 10.0. The number of nitrogens with zero attached hydrogens (tertiary/aromatic N) is 1. The van der Waals surface area contributed by atoms with Gasteiger partial charge >= 0.3 is 12.3 Å². The van der Waals surface area contributed by atoms with Crippen molar-refractivity contribution in [1.29, 1.82) is 0 Å². The van der Waals surface area contributed by atoms with Crippen molar-refractivity contribution in [1.82, 2.24) is 4.90 Å². The fourth-order valence-electron chi connectivity index (χ4n) is 4.01. The maximum atomic E-state index is 12.6. The van der Waals surface area contributed by atoms with E-state index >= 15 is 0 Å². The van der Waals surface area contributed by atoms with Gasteiger partial charge in [-0.15, -0.1) is 13.2 Å². The van der Waals surface area contributed by atoms with E-state index in [1.807, 2.05) is 12.1 Å². The third-order valence-corrected chi connectivity index (χ3v) is 6.32. The van der Waals surface area contributed by atoms with Crippen molar-refractivity contribution < 1.29 is 37.3 Å². The number of benzene rings is 2. The molecule has 2 aliphatic rings. The Morgan fingerprint density at radius 2 is 1.83 bits per heavy atom. The van der Waals surface area contributed by atoms with Gasteiger partial charge in [0.15, 0.2) is 0 Å². The number of allylic oxidation sites excluding steroid dienone is 2. The molecule has 192 valence electrons. The fraction of sp³-hybridized carbons (Fsp3) is 0.346. The Bertz CT molecular complexity index is 1160. The summed E-state index contributed by atoms with van der Waals surface area (Å²) >= 11 is 6.59. The molecule has 1 heterocycles. The highest BCUT2D eigenvalue weighted by Crippen LogP contribution is 2.43. The van der Waals surface area contributed by atoms with E-state index < -0.39 is 24.3 Å². The number of hydrogen-bond donors (Lipinski definition) is 1. The van der Waals surface area contributed by atoms with Crippen LogP contribution in [0.3, 0.4) is 0 Å². The van der Waals surface area contributed by atoms with Crippen LogP contribution in [0.5, 0.6) is 11.5 Å². The number of esters is 1. The summed E-state index contributed by atoms with van der Waals surface area (Å²) in [6, 6.07) is 12.2. The fourth-order valence-corrected chi connectivity index (χ4v) is 4.30. The first-order valence-electron chi connectivity index (χ1n) is 11.4. The normalized spacial score (nSPS) is 18.1. The number of aliphatic hydroxyl groups excluding tert-OH is 1. The summed E-state index contributed by atoms with van der Waals surface area (Å²) < 4.78 is 52.1. The molecule has 0 amide bonds. The molecule has 0 radical (unpaired) electrons. The van der Waals surface area contributed by atoms with E-state index in [0.29, 0.717) is 29.3 Å². The van der Waals surface area contributed by atoms with Crippen LogP contribution in [0.15, 0.2) is 70.9 Å². The van der Waals surface area contributed by atoms with E-state index in [4.69, 9.17) is 21.1 Å². The van der Waals surface area contributed by atoms with Gasteiger partial charge in [0.2, 0.25) is 0 Å². The van der Waals surface area contributed by atoms with Crippen molar-refractivity contribution in [2.75, 3.05) is 20.3 Å². The minimum absolute atomic E-state index is 0.0684. The van der Waals surface area contributed by atoms with Crippen LogP contribution in [0, 0.1) is 5.92 Å². The molecular weight excluding hydrogens is 499 g/mol. The number of aliphatic hydroxyl groups is 1. The molecule has 0 bridgehead atoms. The van der Waals surface area contributed by atoms with Crippen LogP contribution in [0.2, 0.25) is 0 Å². The van der Waals surface area contributed by atoms with Crippen LogP contribution < -0.4 is 9.47 Å². The zero-order valence-electron chi connectivity index (χ0n) is 19.4. The van der Waals surface area contributed by atoms with Gasteiger partial charge in [0.05, 0.1) is 23.4 Å². The summed E-state index contributed by atoms with van der Waals surface area (Å²) in [5.41, 5.74) is 2.73. The van der Waals surface area contributed by atoms with Crippen molar-refractivity contribution in [3.05, 3.63) is 82.0 Å². The summed E-state index contributed by atoms with van der Waals surface area (Å²) in [6.45, 7) is 0.329. The highest BCUT2D eigenvalue weighted by Gasteiger charge is 2.37. The first kappa shape index (κ1) is 25.9. The number of halogens is 4. The van der Waals surface area contributed by atoms with Gasteiger partial charge in [0.1, 0.15) is 24.3 Å². The van der Waals surface area contributed by atoms with E-state index in [1.54, 1.807) is 23.1 Å². The lowest BCUT2D eigenvalue weighted by Gasteiger charge is -2.37. The van der Waals surface area contributed by atoms with Crippen molar-refractivity contribution in [2.24, 2.45) is 5.92 Å². The standard InChI is InChI=1S/C26H25ClF3NO5/c1-34-25(33)18-7-5-16(6-8-18)11-12-31-23(22(27)14-21(24(31)32)17-9-10-17)15-35-19-3-2-4-20(13-19)36-26(28,29)30/h2-8,13-14,17,24,32H,9-12,15H2,1H3. The summed E-state index contributed by atoms with van der Waals surface area (Å²) in [5.74, 6) is -0.384. The monoisotopic (exact) mass is 523 g/mol. The van der Waals surface area contributed by atoms with Gasteiger partial charge in [-0.3, -0.25) is 0 Å². The summed E-state index contributed by atoms with van der Waals surface area (Å²) in [5, 5.41) is 11.5. The number of alkyl halides is 3. The molecule has 2 aromatic carbocycles. The highest BCUT2D eigenvalue weighted by molar-refractivity contribution is 6.31. The van der Waals surface area contributed by atoms with Crippen LogP contribution in [0.25, 0.3) is 0 Å². The number of ether oxygens (including phenoxy) is 3. The minimum Gasteiger partial charge on any atom is -0.487 e. The van der Waals surface area contributed by atoms with Gasteiger partial charge in [-0.2, -0.15) is 0 Å². The Morgan fingerprint density at radius 3 is 2.47 bits per heavy atom. The van der Waals surface area contributed by atoms with E-state index in [2.05, 4.69) is 4.74 Å². The summed E-state index contributed by atoms with van der Waals surface area (Å²) in [6.07, 6.45) is -1.45. The zero-order valence-corrected chi connectivity index (χ0v) is 20.2. The van der Waals surface area contributed by atoms with Gasteiger partial charge in [-0.25, -0.2) is 4.79 Å². The predicted octanol–water partition coefficient (Wildman–Crippen LogP) is 5.41. The number of hydrogen-bond acceptors (Lipinski definition) is 6. The molecule has 1 saturated carbocycles. The first-order valence-corrected chi connectivity index (χ1v) is 11.7. The third kappa shape index (κ3) is 6.53. The summed E-state index contributed by atoms with van der Waals surface area (Å²) in [7, 11) is 1.32. The number of carbonyl (C=O) groups is 1. The van der Waals surface area contributed by atoms with Crippen LogP contribution in [-0.4, -0.2) is 48.8 Å². The maximum absolute atomic E-state index is 12.6. The van der Waals surface area contributed by atoms with Crippen molar-refractivity contribution in [2.45, 2.75) is 31.9 Å². The number of methoxy groups -OCH3 is 1. The number of carbonyl (C=O) groups excluding carboxylic acids is 1. The van der Waals surface area contributed by atoms with Crippen molar-refractivity contribution in [3.8, 4) is 11.5 Å². The number of rotatable bonds is 9. The molecule has 1 atom stereocenters. The molecule has 0 aromatic heterocycles. The topological polar surface area (TPSA) is 68.2 Å². The Balaban J connectivity index is 1.49. The second-order valence-corrected chi connectivity index (χ2v) is 8.94. The van der Waals surface area contributed by atoms with Gasteiger partial charge in [-0.1, -0.05) is 29.8 Å². The van der Waals surface area contributed by atoms with Crippen molar-refractivity contribution in [3.63, 3.8) is 0 Å². The summed E-state index contributed by atoms with van der Waals surface area (Å²) in [4.78, 5) is 13.4. The molecule has 36 heavy (non-hydrogen) atoms. The van der Waals surface area contributed by atoms with E-state index in [0.717, 1.165) is 30.0 Å². The van der Waals surface area contributed by atoms with Crippen LogP contribution in [0.1, 0.15) is 28.8 Å². The quantitative estimate of drug-likeness (QED) is 0.443. The van der Waals surface area contributed by atoms with E-state index in [9.17, 15) is 23.1 Å². The largest absolute Gasteiger partial charge is 0.573 e. The molecule has 1 aliphatic heterocycles. The Labute approximate surface area is 211 Å². The lowest BCUT2D eigenvalue weighted by Crippen LogP contribution is -2.42. The second-order valence-electron chi connectivity index (χ2n) is 8.53. The average molecular weight is 524 g/mol. The molecule has 1 aliphatic carbocycles. The molecule has 0 saturated heterocycles. The Morgan fingerprint density at radius 1 is 1.14 bits per heavy atom. The Kier molecular flexibility index (Phi) is 7.80. The molecule has 4 rings (SSSR count). The molecular formula is C26H25ClF3NO5. The third-order valence-electron chi connectivity index (χ3n) is 5.99. The van der Waals surface area contributed by atoms with E-state index in [1.165, 1.54) is 25.3 Å². The smallest absolute Gasteiger partial charge is 0.487 e. The SMILES string of the molecule is COC(=O)c1ccc(CCN2C(COc3cccc(OC(F)(F)F)c3)=C(Cl)C=C(C3CC3)C2O)cc1. The maximum Gasteiger partial charge on any atom is 0.573 e. The molecule has 0 spiro atoms. The van der Waals surface area contributed by atoms with Gasteiger partial charge in [-0.05, 0) is 66.7 Å². The zero-order chi connectivity index (χ0) is 25.9. The highest BCUT2D eigenvalue weighted by atomic mass is 35.5. The molecule has 1 fully saturated rings. The van der Waals surface area contributed by atoms with Gasteiger partial charge < -0.3 is 24.2 Å². The van der Waals surface area contributed by atoms with Crippen LogP contribution in [0.4, 0.5) is 13.2 Å². The lowest BCUT2D eigenvalue weighted by molar-refractivity contribution is -0.274. The molecule has 1 N–H and O–H groups in total. The van der Waals surface area contributed by atoms with Gasteiger partial charge in [0, 0.05) is 12.6 Å². The molecule has 1 unspecified atom stereocenters.